The van der Waals surface area contributed by atoms with E-state index in [9.17, 15) is 20.1 Å². The monoisotopic (exact) mass is 374 g/mol. The van der Waals surface area contributed by atoms with Crippen LogP contribution in [0.1, 0.15) is 28.7 Å². The quantitative estimate of drug-likeness (QED) is 0.524. The topological polar surface area (TPSA) is 116 Å². The van der Waals surface area contributed by atoms with E-state index in [1.54, 1.807) is 24.3 Å². The molecule has 0 spiro atoms. The van der Waals surface area contributed by atoms with E-state index >= 15 is 0 Å². The molecular weight excluding hydrogens is 352 g/mol. The summed E-state index contributed by atoms with van der Waals surface area (Å²) >= 11 is 0. The number of carboxylic acids is 1. The fourth-order valence-corrected chi connectivity index (χ4v) is 2.78. The molecule has 7 nitrogen and oxygen atoms in total. The van der Waals surface area contributed by atoms with Crippen LogP contribution in [-0.2, 0) is 4.79 Å². The van der Waals surface area contributed by atoms with E-state index in [1.165, 1.54) is 32.4 Å². The fourth-order valence-electron chi connectivity index (χ4n) is 2.78. The normalized spacial score (nSPS) is 13.3. The number of ether oxygens (including phenoxy) is 2. The predicted molar refractivity (Wildman–Crippen MR) is 99.1 cm³/mol. The molecule has 0 saturated heterocycles. The lowest BCUT2D eigenvalue weighted by Gasteiger charge is -2.24. The van der Waals surface area contributed by atoms with Crippen molar-refractivity contribution in [2.75, 3.05) is 20.8 Å². The predicted octanol–water partition coefficient (Wildman–Crippen LogP) is 2.32. The minimum absolute atomic E-state index is 0.0545. The molecule has 0 aliphatic heterocycles. The summed E-state index contributed by atoms with van der Waals surface area (Å²) in [4.78, 5) is 10.7. The number of methoxy groups -OCH3 is 2. The van der Waals surface area contributed by atoms with Gasteiger partial charge in [-0.3, -0.25) is 0 Å². The van der Waals surface area contributed by atoms with E-state index in [0.717, 1.165) is 6.08 Å². The van der Waals surface area contributed by atoms with Crippen LogP contribution in [0.5, 0.6) is 17.2 Å². The lowest BCUT2D eigenvalue weighted by Crippen LogP contribution is -2.16. The summed E-state index contributed by atoms with van der Waals surface area (Å²) in [6, 6.07) is 9.41. The molecule has 2 atom stereocenters. The highest BCUT2D eigenvalue weighted by molar-refractivity contribution is 5.85. The fraction of sp³-hybridized carbons (Fsp3) is 0.250. The van der Waals surface area contributed by atoms with E-state index in [2.05, 4.69) is 0 Å². The third-order valence-electron chi connectivity index (χ3n) is 4.20. The van der Waals surface area contributed by atoms with E-state index in [-0.39, 0.29) is 18.1 Å². The van der Waals surface area contributed by atoms with E-state index < -0.39 is 18.0 Å². The molecule has 0 heterocycles. The summed E-state index contributed by atoms with van der Waals surface area (Å²) in [7, 11) is 2.86. The van der Waals surface area contributed by atoms with Crippen molar-refractivity contribution < 1.29 is 34.7 Å². The molecule has 2 aromatic rings. The van der Waals surface area contributed by atoms with Crippen molar-refractivity contribution in [3.63, 3.8) is 0 Å². The zero-order valence-corrected chi connectivity index (χ0v) is 15.0. The Morgan fingerprint density at radius 3 is 2.41 bits per heavy atom. The molecule has 7 heteroatoms. The van der Waals surface area contributed by atoms with Crippen molar-refractivity contribution in [2.24, 2.45) is 0 Å². The minimum atomic E-state index is -1.08. The number of aliphatic hydroxyl groups is 2. The third kappa shape index (κ3) is 4.78. The number of aromatic hydroxyl groups is 1. The Bertz CT molecular complexity index is 829. The van der Waals surface area contributed by atoms with Crippen LogP contribution >= 0.6 is 0 Å². The van der Waals surface area contributed by atoms with Gasteiger partial charge in [-0.2, -0.15) is 0 Å². The second-order valence-corrected chi connectivity index (χ2v) is 5.84. The first-order valence-electron chi connectivity index (χ1n) is 8.16. The minimum Gasteiger partial charge on any atom is -0.504 e. The van der Waals surface area contributed by atoms with Crippen LogP contribution in [0.3, 0.4) is 0 Å². The molecule has 0 fully saturated rings. The van der Waals surface area contributed by atoms with Crippen molar-refractivity contribution in [1.29, 1.82) is 0 Å². The Morgan fingerprint density at radius 2 is 1.81 bits per heavy atom. The maximum absolute atomic E-state index is 10.8. The average molecular weight is 374 g/mol. The molecule has 4 N–H and O–H groups in total. The summed E-state index contributed by atoms with van der Waals surface area (Å²) in [6.45, 7) is -0.356. The van der Waals surface area contributed by atoms with Crippen LogP contribution in [0.25, 0.3) is 6.08 Å². The molecular formula is C20H22O7. The SMILES string of the molecule is COc1cc(C(O)C(CO)c2ccc(/C=C\C(=O)O)cc2OC)ccc1O. The Morgan fingerprint density at radius 1 is 1.11 bits per heavy atom. The van der Waals surface area contributed by atoms with Crippen LogP contribution in [-0.4, -0.2) is 47.2 Å². The van der Waals surface area contributed by atoms with Crippen LogP contribution in [0, 0.1) is 0 Å². The third-order valence-corrected chi connectivity index (χ3v) is 4.20. The van der Waals surface area contributed by atoms with Gasteiger partial charge in [0.15, 0.2) is 11.5 Å². The van der Waals surface area contributed by atoms with Crippen molar-refractivity contribution in [2.45, 2.75) is 12.0 Å². The lowest BCUT2D eigenvalue weighted by atomic mass is 9.88. The van der Waals surface area contributed by atoms with Gasteiger partial charge in [0.2, 0.25) is 0 Å². The molecule has 144 valence electrons. The summed E-state index contributed by atoms with van der Waals surface area (Å²) in [5, 5.41) is 39.1. The first-order valence-corrected chi connectivity index (χ1v) is 8.16. The second kappa shape index (κ2) is 9.07. The lowest BCUT2D eigenvalue weighted by molar-refractivity contribution is -0.131. The standard InChI is InChI=1S/C20H22O7/c1-26-17-9-12(4-8-19(23)24)3-6-14(17)15(11-21)20(25)13-5-7-16(22)18(10-13)27-2/h3-10,15,20-22,25H,11H2,1-2H3,(H,23,24)/b8-4-. The molecule has 0 aromatic heterocycles. The van der Waals surface area contributed by atoms with Gasteiger partial charge < -0.3 is 29.9 Å². The molecule has 2 aromatic carbocycles. The molecule has 2 unspecified atom stereocenters. The van der Waals surface area contributed by atoms with Crippen molar-refractivity contribution in [1.82, 2.24) is 0 Å². The first kappa shape index (κ1) is 20.3. The smallest absolute Gasteiger partial charge is 0.328 e. The van der Waals surface area contributed by atoms with Crippen LogP contribution in [0.4, 0.5) is 0 Å². The molecule has 0 radical (unpaired) electrons. The van der Waals surface area contributed by atoms with Crippen LogP contribution in [0.2, 0.25) is 0 Å². The van der Waals surface area contributed by atoms with Gasteiger partial charge in [0.1, 0.15) is 5.75 Å². The molecule has 0 bridgehead atoms. The maximum atomic E-state index is 10.8. The van der Waals surface area contributed by atoms with E-state index in [0.29, 0.717) is 22.4 Å². The number of hydrogen-bond acceptors (Lipinski definition) is 6. The Labute approximate surface area is 156 Å². The summed E-state index contributed by atoms with van der Waals surface area (Å²) in [6.07, 6.45) is 1.35. The molecule has 0 saturated carbocycles. The zero-order chi connectivity index (χ0) is 20.0. The number of benzene rings is 2. The van der Waals surface area contributed by atoms with Gasteiger partial charge in [-0.05, 0) is 35.4 Å². The number of carbonyl (C=O) groups is 1. The molecule has 0 aliphatic carbocycles. The largest absolute Gasteiger partial charge is 0.504 e. The highest BCUT2D eigenvalue weighted by atomic mass is 16.5. The average Bonchev–Trinajstić information content (AvgIpc) is 2.67. The Balaban J connectivity index is 2.39. The van der Waals surface area contributed by atoms with Gasteiger partial charge >= 0.3 is 5.97 Å². The number of aliphatic hydroxyl groups excluding tert-OH is 2. The first-order chi connectivity index (χ1) is 12.9. The van der Waals surface area contributed by atoms with Gasteiger partial charge in [-0.1, -0.05) is 18.2 Å². The highest BCUT2D eigenvalue weighted by Crippen LogP contribution is 2.38. The number of carboxylic acid groups (broad SMARTS) is 1. The Kier molecular flexibility index (Phi) is 6.81. The van der Waals surface area contributed by atoms with Gasteiger partial charge in [0.05, 0.1) is 26.9 Å². The molecule has 0 aliphatic rings. The number of hydrogen-bond donors (Lipinski definition) is 4. The van der Waals surface area contributed by atoms with Crippen molar-refractivity contribution >= 4 is 12.0 Å². The second-order valence-electron chi connectivity index (χ2n) is 5.84. The van der Waals surface area contributed by atoms with Crippen molar-refractivity contribution in [3.8, 4) is 17.2 Å². The summed E-state index contributed by atoms with van der Waals surface area (Å²) < 4.78 is 10.4. The highest BCUT2D eigenvalue weighted by Gasteiger charge is 2.26. The van der Waals surface area contributed by atoms with Crippen molar-refractivity contribution in [3.05, 3.63) is 59.2 Å². The summed E-state index contributed by atoms with van der Waals surface area (Å²) in [5.74, 6) is -1.20. The molecule has 2 rings (SSSR count). The van der Waals surface area contributed by atoms with Crippen LogP contribution in [0.15, 0.2) is 42.5 Å². The number of aliphatic carboxylic acids is 1. The van der Waals surface area contributed by atoms with Gasteiger partial charge in [0, 0.05) is 17.6 Å². The van der Waals surface area contributed by atoms with Crippen LogP contribution < -0.4 is 9.47 Å². The molecule has 0 amide bonds. The van der Waals surface area contributed by atoms with Gasteiger partial charge in [-0.25, -0.2) is 4.79 Å². The van der Waals surface area contributed by atoms with E-state index in [4.69, 9.17) is 14.6 Å². The number of phenolic OH excluding ortho intramolecular Hbond substituents is 1. The summed E-state index contributed by atoms with van der Waals surface area (Å²) in [5.41, 5.74) is 1.63. The number of phenols is 1. The van der Waals surface area contributed by atoms with Gasteiger partial charge in [-0.15, -0.1) is 0 Å². The number of rotatable bonds is 8. The van der Waals surface area contributed by atoms with E-state index in [1.807, 2.05) is 0 Å². The van der Waals surface area contributed by atoms with Gasteiger partial charge in [0.25, 0.3) is 0 Å². The maximum Gasteiger partial charge on any atom is 0.328 e. The zero-order valence-electron chi connectivity index (χ0n) is 15.0. The Hall–Kier alpha value is -3.03. The molecule has 27 heavy (non-hydrogen) atoms.